The molecule has 0 aliphatic rings. The van der Waals surface area contributed by atoms with Crippen molar-refractivity contribution in [1.82, 2.24) is 5.32 Å². The monoisotopic (exact) mass is 312 g/mol. The fourth-order valence-electron chi connectivity index (χ4n) is 2.10. The summed E-state index contributed by atoms with van der Waals surface area (Å²) in [6, 6.07) is 6.22. The van der Waals surface area contributed by atoms with E-state index in [1.165, 1.54) is 12.1 Å². The van der Waals surface area contributed by atoms with E-state index in [0.717, 1.165) is 31.2 Å². The molecule has 3 N–H and O–H groups in total. The van der Waals surface area contributed by atoms with Crippen molar-refractivity contribution in [2.45, 2.75) is 51.0 Å². The van der Waals surface area contributed by atoms with Crippen molar-refractivity contribution in [1.29, 1.82) is 0 Å². The van der Waals surface area contributed by atoms with Gasteiger partial charge in [0.05, 0.1) is 4.90 Å². The Morgan fingerprint density at radius 2 is 1.86 bits per heavy atom. The van der Waals surface area contributed by atoms with Gasteiger partial charge in [-0.05, 0) is 30.5 Å². The lowest BCUT2D eigenvalue weighted by Crippen LogP contribution is -2.30. The molecule has 0 fully saturated rings. The second kappa shape index (κ2) is 8.14. The lowest BCUT2D eigenvalue weighted by molar-refractivity contribution is -0.125. The zero-order valence-electron chi connectivity index (χ0n) is 12.6. The third-order valence-corrected chi connectivity index (χ3v) is 4.42. The summed E-state index contributed by atoms with van der Waals surface area (Å²) >= 11 is 0. The van der Waals surface area contributed by atoms with Crippen LogP contribution in [0.2, 0.25) is 0 Å². The largest absolute Gasteiger partial charge is 0.352 e. The van der Waals surface area contributed by atoms with Gasteiger partial charge in [0.1, 0.15) is 0 Å². The van der Waals surface area contributed by atoms with Crippen LogP contribution >= 0.6 is 0 Å². The summed E-state index contributed by atoms with van der Waals surface area (Å²) < 4.78 is 22.3. The number of nitrogens with one attached hydrogen (secondary N) is 1. The molecule has 0 aliphatic carbocycles. The molecule has 0 unspecified atom stereocenters. The van der Waals surface area contributed by atoms with Crippen molar-refractivity contribution in [3.63, 3.8) is 0 Å². The quantitative estimate of drug-likeness (QED) is 0.771. The van der Waals surface area contributed by atoms with Gasteiger partial charge in [-0.1, -0.05) is 38.8 Å². The van der Waals surface area contributed by atoms with Gasteiger partial charge in [0.25, 0.3) is 0 Å². The Morgan fingerprint density at radius 1 is 1.24 bits per heavy atom. The van der Waals surface area contributed by atoms with Crippen LogP contribution in [0.4, 0.5) is 0 Å². The normalized spacial score (nSPS) is 12.9. The molecule has 118 valence electrons. The van der Waals surface area contributed by atoms with Gasteiger partial charge < -0.3 is 5.32 Å². The van der Waals surface area contributed by atoms with Crippen LogP contribution in [0.1, 0.15) is 45.1 Å². The number of sulfonamides is 1. The number of carbonyl (C=O) groups is 1. The first-order valence-corrected chi connectivity index (χ1v) is 8.82. The lowest BCUT2D eigenvalue weighted by atomic mass is 9.98. The van der Waals surface area contributed by atoms with Gasteiger partial charge in [-0.2, -0.15) is 0 Å². The first kappa shape index (κ1) is 17.7. The Kier molecular flexibility index (Phi) is 6.84. The molecule has 1 amide bonds. The highest BCUT2D eigenvalue weighted by Crippen LogP contribution is 2.13. The van der Waals surface area contributed by atoms with Gasteiger partial charge in [0.15, 0.2) is 0 Å². The maximum absolute atomic E-state index is 12.1. The van der Waals surface area contributed by atoms with Crippen molar-refractivity contribution >= 4 is 15.9 Å². The number of benzene rings is 1. The fourth-order valence-corrected chi connectivity index (χ4v) is 2.62. The van der Waals surface area contributed by atoms with E-state index in [1.54, 1.807) is 12.1 Å². The van der Waals surface area contributed by atoms with Crippen LogP contribution in [0.15, 0.2) is 29.2 Å². The van der Waals surface area contributed by atoms with Crippen molar-refractivity contribution in [3.05, 3.63) is 29.8 Å². The molecule has 21 heavy (non-hydrogen) atoms. The Balaban J connectivity index is 2.56. The van der Waals surface area contributed by atoms with Gasteiger partial charge in [-0.15, -0.1) is 0 Å². The first-order valence-electron chi connectivity index (χ1n) is 7.28. The van der Waals surface area contributed by atoms with Crippen molar-refractivity contribution < 1.29 is 13.2 Å². The summed E-state index contributed by atoms with van der Waals surface area (Å²) in [4.78, 5) is 12.1. The summed E-state index contributed by atoms with van der Waals surface area (Å²) in [5.74, 6) is 0.107. The molecule has 0 radical (unpaired) electrons. The Morgan fingerprint density at radius 3 is 2.33 bits per heavy atom. The number of hydrogen-bond donors (Lipinski definition) is 2. The van der Waals surface area contributed by atoms with E-state index < -0.39 is 10.0 Å². The molecule has 0 saturated heterocycles. The van der Waals surface area contributed by atoms with Crippen LogP contribution < -0.4 is 10.5 Å². The van der Waals surface area contributed by atoms with Crippen LogP contribution in [-0.2, 0) is 21.4 Å². The summed E-state index contributed by atoms with van der Waals surface area (Å²) in [5, 5.41) is 7.93. The van der Waals surface area contributed by atoms with E-state index in [4.69, 9.17) is 5.14 Å². The Labute approximate surface area is 127 Å². The summed E-state index contributed by atoms with van der Waals surface area (Å²) in [6.45, 7) is 4.52. The number of hydrogen-bond acceptors (Lipinski definition) is 3. The van der Waals surface area contributed by atoms with Gasteiger partial charge in [0.2, 0.25) is 15.9 Å². The van der Waals surface area contributed by atoms with Crippen LogP contribution in [0, 0.1) is 5.92 Å². The van der Waals surface area contributed by atoms with E-state index >= 15 is 0 Å². The molecule has 0 saturated carbocycles. The zero-order chi connectivity index (χ0) is 15.9. The Hall–Kier alpha value is -1.40. The van der Waals surface area contributed by atoms with Gasteiger partial charge in [0, 0.05) is 12.5 Å². The number of carbonyl (C=O) groups excluding carboxylic acids is 1. The number of primary sulfonamides is 1. The molecule has 5 nitrogen and oxygen atoms in total. The molecule has 0 heterocycles. The predicted octanol–water partition coefficient (Wildman–Crippen LogP) is 2.17. The van der Waals surface area contributed by atoms with Gasteiger partial charge in [-0.25, -0.2) is 13.6 Å². The average molecular weight is 312 g/mol. The van der Waals surface area contributed by atoms with Gasteiger partial charge >= 0.3 is 0 Å². The van der Waals surface area contributed by atoms with Crippen LogP contribution in [-0.4, -0.2) is 14.3 Å². The summed E-state index contributed by atoms with van der Waals surface area (Å²) in [5.41, 5.74) is 0.848. The topological polar surface area (TPSA) is 89.3 Å². The standard InChI is InChI=1S/C15H24N2O3S/c1-3-5-6-13(4-2)15(18)17-11-12-7-9-14(10-8-12)21(16,19)20/h7-10,13H,3-6,11H2,1-2H3,(H,17,18)(H2,16,19,20)/t13-/m0/s1. The van der Waals surface area contributed by atoms with E-state index in [2.05, 4.69) is 12.2 Å². The maximum atomic E-state index is 12.1. The number of rotatable bonds is 8. The van der Waals surface area contributed by atoms with Crippen LogP contribution in [0.3, 0.4) is 0 Å². The molecule has 1 aromatic carbocycles. The van der Waals surface area contributed by atoms with Crippen LogP contribution in [0.5, 0.6) is 0 Å². The lowest BCUT2D eigenvalue weighted by Gasteiger charge is -2.14. The minimum Gasteiger partial charge on any atom is -0.352 e. The summed E-state index contributed by atoms with van der Waals surface area (Å²) in [7, 11) is -3.67. The molecule has 0 aromatic heterocycles. The maximum Gasteiger partial charge on any atom is 0.238 e. The molecule has 1 aromatic rings. The zero-order valence-corrected chi connectivity index (χ0v) is 13.4. The average Bonchev–Trinajstić information content (AvgIpc) is 2.45. The third-order valence-electron chi connectivity index (χ3n) is 3.49. The number of nitrogens with two attached hydrogens (primary N) is 1. The third kappa shape index (κ3) is 5.85. The minimum absolute atomic E-state index is 0.0497. The smallest absolute Gasteiger partial charge is 0.238 e. The first-order chi connectivity index (χ1) is 9.88. The molecule has 1 rings (SSSR count). The Bertz CT molecular complexity index is 553. The molecular weight excluding hydrogens is 288 g/mol. The molecular formula is C15H24N2O3S. The second-order valence-corrected chi connectivity index (χ2v) is 6.72. The molecule has 0 bridgehead atoms. The fraction of sp³-hybridized carbons (Fsp3) is 0.533. The van der Waals surface area contributed by atoms with Crippen molar-refractivity contribution in [3.8, 4) is 0 Å². The number of amides is 1. The van der Waals surface area contributed by atoms with E-state index in [9.17, 15) is 13.2 Å². The van der Waals surface area contributed by atoms with E-state index in [0.29, 0.717) is 6.54 Å². The highest BCUT2D eigenvalue weighted by molar-refractivity contribution is 7.89. The van der Waals surface area contributed by atoms with Crippen molar-refractivity contribution in [2.75, 3.05) is 0 Å². The highest BCUT2D eigenvalue weighted by atomic mass is 32.2. The van der Waals surface area contributed by atoms with Gasteiger partial charge in [-0.3, -0.25) is 4.79 Å². The molecule has 0 spiro atoms. The SMILES string of the molecule is CCCC[C@H](CC)C(=O)NCc1ccc(S(N)(=O)=O)cc1. The van der Waals surface area contributed by atoms with E-state index in [-0.39, 0.29) is 16.7 Å². The minimum atomic E-state index is -3.67. The molecule has 0 aliphatic heterocycles. The second-order valence-electron chi connectivity index (χ2n) is 5.15. The molecule has 1 atom stereocenters. The number of unbranched alkanes of at least 4 members (excludes halogenated alkanes) is 1. The predicted molar refractivity (Wildman–Crippen MR) is 83.0 cm³/mol. The van der Waals surface area contributed by atoms with Crippen molar-refractivity contribution in [2.24, 2.45) is 11.1 Å². The summed E-state index contributed by atoms with van der Waals surface area (Å²) in [6.07, 6.45) is 3.87. The van der Waals surface area contributed by atoms with Crippen LogP contribution in [0.25, 0.3) is 0 Å². The van der Waals surface area contributed by atoms with E-state index in [1.807, 2.05) is 6.92 Å². The highest BCUT2D eigenvalue weighted by Gasteiger charge is 2.15. The molecule has 6 heteroatoms.